The van der Waals surface area contributed by atoms with Gasteiger partial charge in [0.15, 0.2) is 16.4 Å². The summed E-state index contributed by atoms with van der Waals surface area (Å²) in [6.07, 6.45) is -3.52. The minimum Gasteiger partial charge on any atom is -0.506 e. The lowest BCUT2D eigenvalue weighted by molar-refractivity contribution is -0.154. The molecule has 0 unspecified atom stereocenters. The normalized spacial score (nSPS) is 11.9. The summed E-state index contributed by atoms with van der Waals surface area (Å²) in [5.41, 5.74) is -0.163. The van der Waals surface area contributed by atoms with Gasteiger partial charge in [-0.2, -0.15) is 13.2 Å². The molecule has 146 valence electrons. The van der Waals surface area contributed by atoms with Gasteiger partial charge in [0, 0.05) is 12.3 Å². The maximum atomic E-state index is 12.2. The first-order valence-corrected chi connectivity index (χ1v) is 9.20. The van der Waals surface area contributed by atoms with Crippen LogP contribution in [0.15, 0.2) is 41.4 Å². The molecule has 0 aliphatic rings. The third-order valence-electron chi connectivity index (χ3n) is 3.34. The molecule has 0 saturated heterocycles. The zero-order valence-electron chi connectivity index (χ0n) is 13.9. The van der Waals surface area contributed by atoms with Crippen molar-refractivity contribution < 1.29 is 36.2 Å². The third kappa shape index (κ3) is 5.58. The Morgan fingerprint density at radius 1 is 1.26 bits per heavy atom. The van der Waals surface area contributed by atoms with E-state index in [1.54, 1.807) is 0 Å². The zero-order chi connectivity index (χ0) is 20.2. The molecule has 0 fully saturated rings. The fourth-order valence-corrected chi connectivity index (χ4v) is 2.83. The van der Waals surface area contributed by atoms with Crippen molar-refractivity contribution in [1.82, 2.24) is 4.98 Å². The largest absolute Gasteiger partial charge is 0.506 e. The number of alkyl halides is 3. The number of halogens is 3. The van der Waals surface area contributed by atoms with Crippen LogP contribution >= 0.6 is 0 Å². The van der Waals surface area contributed by atoms with Crippen LogP contribution in [0.3, 0.4) is 0 Å². The highest BCUT2D eigenvalue weighted by molar-refractivity contribution is 7.91. The van der Waals surface area contributed by atoms with E-state index in [2.05, 4.69) is 15.0 Å². The average molecular weight is 404 g/mol. The maximum absolute atomic E-state index is 12.2. The summed E-state index contributed by atoms with van der Waals surface area (Å²) in [7, 11) is -3.55. The molecule has 1 aromatic heterocycles. The molecule has 0 saturated carbocycles. The first-order valence-electron chi connectivity index (χ1n) is 7.54. The number of aromatic nitrogens is 1. The van der Waals surface area contributed by atoms with E-state index in [9.17, 15) is 31.5 Å². The highest BCUT2D eigenvalue weighted by Gasteiger charge is 2.28. The second-order valence-corrected chi connectivity index (χ2v) is 7.60. The van der Waals surface area contributed by atoms with Gasteiger partial charge in [0.2, 0.25) is 5.88 Å². The molecule has 0 aliphatic heterocycles. The predicted octanol–water partition coefficient (Wildman–Crippen LogP) is 2.77. The number of hydrogen-bond acceptors (Lipinski definition) is 6. The lowest BCUT2D eigenvalue weighted by atomic mass is 10.2. The number of aromatic hydroxyl groups is 1. The molecule has 0 atom stereocenters. The van der Waals surface area contributed by atoms with Gasteiger partial charge in [-0.1, -0.05) is 6.92 Å². The molecular weight excluding hydrogens is 389 g/mol. The smallest absolute Gasteiger partial charge is 0.422 e. The second-order valence-electron chi connectivity index (χ2n) is 5.33. The van der Waals surface area contributed by atoms with Crippen molar-refractivity contribution in [2.75, 3.05) is 17.7 Å². The highest BCUT2D eigenvalue weighted by atomic mass is 32.2. The number of ether oxygens (including phenoxy) is 1. The van der Waals surface area contributed by atoms with Gasteiger partial charge in [0.25, 0.3) is 5.91 Å². The number of carbonyl (C=O) groups is 1. The number of rotatable bonds is 6. The van der Waals surface area contributed by atoms with E-state index in [0.29, 0.717) is 0 Å². The van der Waals surface area contributed by atoms with Crippen LogP contribution in [0.4, 0.5) is 18.9 Å². The Morgan fingerprint density at radius 2 is 1.96 bits per heavy atom. The van der Waals surface area contributed by atoms with Crippen molar-refractivity contribution in [3.63, 3.8) is 0 Å². The van der Waals surface area contributed by atoms with E-state index in [1.165, 1.54) is 19.1 Å². The highest BCUT2D eigenvalue weighted by Crippen LogP contribution is 2.27. The predicted molar refractivity (Wildman–Crippen MR) is 89.6 cm³/mol. The Bertz CT molecular complexity index is 928. The topological polar surface area (TPSA) is 106 Å². The van der Waals surface area contributed by atoms with Crippen molar-refractivity contribution in [3.05, 3.63) is 42.1 Å². The molecule has 2 N–H and O–H groups in total. The lowest BCUT2D eigenvalue weighted by Crippen LogP contribution is -2.19. The zero-order valence-corrected chi connectivity index (χ0v) is 14.8. The van der Waals surface area contributed by atoms with Gasteiger partial charge in [0.1, 0.15) is 5.75 Å². The van der Waals surface area contributed by atoms with Crippen LogP contribution in [0, 0.1) is 0 Å². The van der Waals surface area contributed by atoms with Gasteiger partial charge in [-0.15, -0.1) is 0 Å². The Morgan fingerprint density at radius 3 is 2.52 bits per heavy atom. The maximum Gasteiger partial charge on any atom is 0.422 e. The SMILES string of the molecule is CCS(=O)(=O)c1ccc(O)c(NC(=O)c2ccc(OCC(F)(F)F)nc2)c1. The molecule has 27 heavy (non-hydrogen) atoms. The molecule has 1 amide bonds. The average Bonchev–Trinajstić information content (AvgIpc) is 2.61. The fraction of sp³-hybridized carbons (Fsp3) is 0.250. The van der Waals surface area contributed by atoms with E-state index < -0.39 is 28.5 Å². The Kier molecular flexibility index (Phi) is 5.94. The number of amides is 1. The summed E-state index contributed by atoms with van der Waals surface area (Å²) < 4.78 is 64.5. The van der Waals surface area contributed by atoms with Crippen LogP contribution in [0.25, 0.3) is 0 Å². The van der Waals surface area contributed by atoms with Gasteiger partial charge >= 0.3 is 6.18 Å². The summed E-state index contributed by atoms with van der Waals surface area (Å²) in [4.78, 5) is 15.7. The minimum absolute atomic E-state index is 0.0301. The van der Waals surface area contributed by atoms with Crippen LogP contribution < -0.4 is 10.1 Å². The van der Waals surface area contributed by atoms with Gasteiger partial charge in [-0.3, -0.25) is 4.79 Å². The number of carbonyl (C=O) groups excluding carboxylic acids is 1. The Labute approximate surface area is 152 Å². The molecule has 7 nitrogen and oxygen atoms in total. The summed E-state index contributed by atoms with van der Waals surface area (Å²) in [5.74, 6) is -1.57. The summed E-state index contributed by atoms with van der Waals surface area (Å²) in [6, 6.07) is 5.71. The van der Waals surface area contributed by atoms with E-state index in [0.717, 1.165) is 24.4 Å². The van der Waals surface area contributed by atoms with Crippen LogP contribution in [0.1, 0.15) is 17.3 Å². The van der Waals surface area contributed by atoms with Crippen LogP contribution in [0.5, 0.6) is 11.6 Å². The van der Waals surface area contributed by atoms with Crippen LogP contribution in [-0.4, -0.2) is 43.0 Å². The molecule has 1 aromatic carbocycles. The first-order chi connectivity index (χ1) is 12.5. The number of sulfone groups is 1. The number of anilines is 1. The third-order valence-corrected chi connectivity index (χ3v) is 5.07. The Balaban J connectivity index is 2.14. The number of nitrogens with one attached hydrogen (secondary N) is 1. The molecule has 11 heteroatoms. The minimum atomic E-state index is -4.51. The number of phenolic OH excluding ortho intramolecular Hbond substituents is 1. The number of phenols is 1. The van der Waals surface area contributed by atoms with Crippen molar-refractivity contribution >= 4 is 21.4 Å². The molecular formula is C16H15F3N2O5S. The first kappa shape index (κ1) is 20.5. The van der Waals surface area contributed by atoms with Crippen LogP contribution in [-0.2, 0) is 9.84 Å². The number of benzene rings is 1. The number of nitrogens with zero attached hydrogens (tertiary/aromatic N) is 1. The van der Waals surface area contributed by atoms with Gasteiger partial charge in [-0.05, 0) is 24.3 Å². The van der Waals surface area contributed by atoms with Gasteiger partial charge in [-0.25, -0.2) is 13.4 Å². The van der Waals surface area contributed by atoms with E-state index in [-0.39, 0.29) is 33.5 Å². The summed E-state index contributed by atoms with van der Waals surface area (Å²) in [6.45, 7) is -0.0629. The van der Waals surface area contributed by atoms with E-state index in [1.807, 2.05) is 0 Å². The van der Waals surface area contributed by atoms with Gasteiger partial charge in [0.05, 0.1) is 21.9 Å². The van der Waals surface area contributed by atoms with E-state index >= 15 is 0 Å². The quantitative estimate of drug-likeness (QED) is 0.718. The fourth-order valence-electron chi connectivity index (χ4n) is 1.93. The summed E-state index contributed by atoms with van der Waals surface area (Å²) in [5, 5.41) is 12.1. The molecule has 2 aromatic rings. The Hall–Kier alpha value is -2.82. The molecule has 0 bridgehead atoms. The second kappa shape index (κ2) is 7.82. The molecule has 0 spiro atoms. The van der Waals surface area contributed by atoms with Crippen molar-refractivity contribution in [1.29, 1.82) is 0 Å². The van der Waals surface area contributed by atoms with Crippen molar-refractivity contribution in [2.45, 2.75) is 18.0 Å². The van der Waals surface area contributed by atoms with Gasteiger partial charge < -0.3 is 15.2 Å². The molecule has 0 aliphatic carbocycles. The van der Waals surface area contributed by atoms with Crippen LogP contribution in [0.2, 0.25) is 0 Å². The monoisotopic (exact) mass is 404 g/mol. The van der Waals surface area contributed by atoms with Crippen molar-refractivity contribution in [2.24, 2.45) is 0 Å². The number of hydrogen-bond donors (Lipinski definition) is 2. The van der Waals surface area contributed by atoms with E-state index in [4.69, 9.17) is 0 Å². The molecule has 0 radical (unpaired) electrons. The number of pyridine rings is 1. The standard InChI is InChI=1S/C16H15F3N2O5S/c1-2-27(24,25)11-4-5-13(22)12(7-11)21-15(23)10-3-6-14(20-8-10)26-9-16(17,18)19/h3-8,22H,2,9H2,1H3,(H,21,23). The molecule has 2 rings (SSSR count). The molecule has 1 heterocycles. The lowest BCUT2D eigenvalue weighted by Gasteiger charge is -2.10. The summed E-state index contributed by atoms with van der Waals surface area (Å²) >= 11 is 0. The van der Waals surface area contributed by atoms with Crippen molar-refractivity contribution in [3.8, 4) is 11.6 Å².